The number of anilines is 2. The summed E-state index contributed by atoms with van der Waals surface area (Å²) in [5.41, 5.74) is 2.05. The van der Waals surface area contributed by atoms with Gasteiger partial charge in [-0.15, -0.1) is 11.3 Å². The van der Waals surface area contributed by atoms with E-state index in [1.54, 1.807) is 23.9 Å². The molecule has 0 aromatic carbocycles. The molecule has 4 heterocycles. The zero-order valence-corrected chi connectivity index (χ0v) is 17.6. The fraction of sp³-hybridized carbons (Fsp3) is 0.400. The SMILES string of the molecule is Cn1c(N2CCN(c3ccc(C(=O)NCCCO)nc3)CC2)nc2ccsc2c1=O. The summed E-state index contributed by atoms with van der Waals surface area (Å²) < 4.78 is 2.31. The molecule has 2 N–H and O–H groups in total. The van der Waals surface area contributed by atoms with Crippen molar-refractivity contribution in [2.24, 2.45) is 7.05 Å². The van der Waals surface area contributed by atoms with E-state index in [0.29, 0.717) is 29.3 Å². The number of aliphatic hydroxyl groups is 1. The highest BCUT2D eigenvalue weighted by atomic mass is 32.1. The number of fused-ring (bicyclic) bond motifs is 1. The van der Waals surface area contributed by atoms with Crippen LogP contribution in [-0.2, 0) is 7.05 Å². The first-order valence-corrected chi connectivity index (χ1v) is 10.8. The Morgan fingerprint density at radius 1 is 1.20 bits per heavy atom. The molecule has 1 aliphatic rings. The fourth-order valence-electron chi connectivity index (χ4n) is 3.50. The average Bonchev–Trinajstić information content (AvgIpc) is 3.25. The molecule has 3 aromatic rings. The molecule has 158 valence electrons. The Hall–Kier alpha value is -2.98. The number of carbonyl (C=O) groups excluding carboxylic acids is 1. The van der Waals surface area contributed by atoms with Crippen molar-refractivity contribution in [3.63, 3.8) is 0 Å². The number of nitrogens with zero attached hydrogens (tertiary/aromatic N) is 5. The van der Waals surface area contributed by atoms with Crippen LogP contribution in [0.1, 0.15) is 16.9 Å². The van der Waals surface area contributed by atoms with Gasteiger partial charge in [0.2, 0.25) is 5.95 Å². The number of carbonyl (C=O) groups is 1. The van der Waals surface area contributed by atoms with E-state index in [-0.39, 0.29) is 18.1 Å². The summed E-state index contributed by atoms with van der Waals surface area (Å²) in [5, 5.41) is 13.4. The van der Waals surface area contributed by atoms with E-state index < -0.39 is 0 Å². The van der Waals surface area contributed by atoms with Crippen LogP contribution in [0.15, 0.2) is 34.6 Å². The van der Waals surface area contributed by atoms with Crippen molar-refractivity contribution < 1.29 is 9.90 Å². The molecule has 1 aliphatic heterocycles. The number of pyridine rings is 1. The molecule has 0 spiro atoms. The number of rotatable bonds is 6. The van der Waals surface area contributed by atoms with E-state index in [2.05, 4.69) is 25.1 Å². The highest BCUT2D eigenvalue weighted by Gasteiger charge is 2.22. The number of aromatic nitrogens is 3. The summed E-state index contributed by atoms with van der Waals surface area (Å²) in [4.78, 5) is 37.9. The van der Waals surface area contributed by atoms with Crippen LogP contribution in [0.3, 0.4) is 0 Å². The van der Waals surface area contributed by atoms with Crippen molar-refractivity contribution in [1.29, 1.82) is 0 Å². The van der Waals surface area contributed by atoms with Crippen LogP contribution < -0.4 is 20.7 Å². The lowest BCUT2D eigenvalue weighted by Crippen LogP contribution is -2.48. The second-order valence-corrected chi connectivity index (χ2v) is 8.04. The average molecular weight is 429 g/mol. The van der Waals surface area contributed by atoms with Gasteiger partial charge in [0.05, 0.1) is 17.4 Å². The van der Waals surface area contributed by atoms with Gasteiger partial charge >= 0.3 is 0 Å². The Labute approximate surface area is 177 Å². The van der Waals surface area contributed by atoms with Crippen molar-refractivity contribution in [3.05, 3.63) is 45.8 Å². The number of aliphatic hydroxyl groups excluding tert-OH is 1. The third-order valence-corrected chi connectivity index (χ3v) is 6.08. The first-order valence-electron chi connectivity index (χ1n) is 9.87. The zero-order chi connectivity index (χ0) is 21.1. The van der Waals surface area contributed by atoms with Gasteiger partial charge in [-0.25, -0.2) is 9.97 Å². The van der Waals surface area contributed by atoms with Gasteiger partial charge in [0.15, 0.2) is 0 Å². The van der Waals surface area contributed by atoms with Crippen LogP contribution in [0.5, 0.6) is 0 Å². The first kappa shape index (κ1) is 20.3. The normalized spacial score (nSPS) is 14.3. The molecule has 10 heteroatoms. The minimum absolute atomic E-state index is 0.00974. The lowest BCUT2D eigenvalue weighted by atomic mass is 10.2. The minimum atomic E-state index is -0.240. The molecular weight excluding hydrogens is 404 g/mol. The van der Waals surface area contributed by atoms with Crippen LogP contribution in [0.2, 0.25) is 0 Å². The molecule has 0 aliphatic carbocycles. The van der Waals surface area contributed by atoms with E-state index in [4.69, 9.17) is 5.11 Å². The maximum Gasteiger partial charge on any atom is 0.272 e. The van der Waals surface area contributed by atoms with E-state index >= 15 is 0 Å². The van der Waals surface area contributed by atoms with Crippen molar-refractivity contribution in [2.45, 2.75) is 6.42 Å². The Morgan fingerprint density at radius 3 is 2.67 bits per heavy atom. The molecule has 1 amide bonds. The standard InChI is InChI=1S/C20H24N6O3S/c1-24-19(29)17-15(5-12-30-17)23-20(24)26-9-7-25(8-10-26)14-3-4-16(22-13-14)18(28)21-6-2-11-27/h3-5,12-13,27H,2,6-11H2,1H3,(H,21,28). The Balaban J connectivity index is 1.41. The lowest BCUT2D eigenvalue weighted by molar-refractivity contribution is 0.0946. The van der Waals surface area contributed by atoms with E-state index in [9.17, 15) is 9.59 Å². The number of nitrogens with one attached hydrogen (secondary N) is 1. The topological polar surface area (TPSA) is 104 Å². The summed E-state index contributed by atoms with van der Waals surface area (Å²) in [7, 11) is 1.77. The number of piperazine rings is 1. The third-order valence-electron chi connectivity index (χ3n) is 5.19. The Kier molecular flexibility index (Phi) is 5.96. The van der Waals surface area contributed by atoms with Gasteiger partial charge in [0.1, 0.15) is 10.4 Å². The maximum atomic E-state index is 12.6. The monoisotopic (exact) mass is 428 g/mol. The first-order chi connectivity index (χ1) is 14.6. The second-order valence-electron chi connectivity index (χ2n) is 7.12. The predicted octanol–water partition coefficient (Wildman–Crippen LogP) is 0.829. The molecule has 0 saturated carbocycles. The molecule has 0 radical (unpaired) electrons. The molecule has 4 rings (SSSR count). The van der Waals surface area contributed by atoms with Crippen LogP contribution in [-0.4, -0.2) is 64.9 Å². The van der Waals surface area contributed by atoms with E-state index in [1.807, 2.05) is 17.5 Å². The van der Waals surface area contributed by atoms with Gasteiger partial charge < -0.3 is 20.2 Å². The molecule has 9 nitrogen and oxygen atoms in total. The third kappa shape index (κ3) is 4.01. The van der Waals surface area contributed by atoms with Crippen LogP contribution in [0.4, 0.5) is 11.6 Å². The molecule has 0 bridgehead atoms. The van der Waals surface area contributed by atoms with Gasteiger partial charge in [0.25, 0.3) is 11.5 Å². The largest absolute Gasteiger partial charge is 0.396 e. The van der Waals surface area contributed by atoms with Gasteiger partial charge in [-0.3, -0.25) is 14.2 Å². The zero-order valence-electron chi connectivity index (χ0n) is 16.7. The number of thiophene rings is 1. The Morgan fingerprint density at radius 2 is 1.97 bits per heavy atom. The van der Waals surface area contributed by atoms with E-state index in [0.717, 1.165) is 37.4 Å². The van der Waals surface area contributed by atoms with Crippen molar-refractivity contribution in [2.75, 3.05) is 49.1 Å². The number of hydrogen-bond acceptors (Lipinski definition) is 8. The summed E-state index contributed by atoms with van der Waals surface area (Å²) in [6.07, 6.45) is 2.23. The summed E-state index contributed by atoms with van der Waals surface area (Å²) in [5.74, 6) is 0.453. The highest BCUT2D eigenvalue weighted by Crippen LogP contribution is 2.21. The molecular formula is C20H24N6O3S. The summed E-state index contributed by atoms with van der Waals surface area (Å²) in [6, 6.07) is 5.50. The summed E-state index contributed by atoms with van der Waals surface area (Å²) in [6.45, 7) is 3.47. The van der Waals surface area contributed by atoms with Crippen molar-refractivity contribution in [1.82, 2.24) is 19.9 Å². The number of hydrogen-bond donors (Lipinski definition) is 2. The van der Waals surface area contributed by atoms with Gasteiger partial charge in [-0.05, 0) is 30.0 Å². The highest BCUT2D eigenvalue weighted by molar-refractivity contribution is 7.17. The minimum Gasteiger partial charge on any atom is -0.396 e. The van der Waals surface area contributed by atoms with Crippen molar-refractivity contribution in [3.8, 4) is 0 Å². The molecule has 1 saturated heterocycles. The molecule has 3 aromatic heterocycles. The summed E-state index contributed by atoms with van der Waals surface area (Å²) >= 11 is 1.42. The second kappa shape index (κ2) is 8.80. The van der Waals surface area contributed by atoms with Crippen LogP contribution in [0, 0.1) is 0 Å². The van der Waals surface area contributed by atoms with Crippen molar-refractivity contribution >= 4 is 39.1 Å². The molecule has 1 fully saturated rings. The molecule has 0 atom stereocenters. The predicted molar refractivity (Wildman–Crippen MR) is 118 cm³/mol. The molecule has 30 heavy (non-hydrogen) atoms. The maximum absolute atomic E-state index is 12.6. The Bertz CT molecular complexity index is 1090. The smallest absolute Gasteiger partial charge is 0.272 e. The van der Waals surface area contributed by atoms with Crippen LogP contribution in [0.25, 0.3) is 10.2 Å². The number of amides is 1. The van der Waals surface area contributed by atoms with Crippen LogP contribution >= 0.6 is 11.3 Å². The van der Waals surface area contributed by atoms with Gasteiger partial charge in [-0.2, -0.15) is 0 Å². The lowest BCUT2D eigenvalue weighted by Gasteiger charge is -2.36. The van der Waals surface area contributed by atoms with E-state index in [1.165, 1.54) is 11.3 Å². The quantitative estimate of drug-likeness (QED) is 0.561. The fourth-order valence-corrected chi connectivity index (χ4v) is 4.31. The van der Waals surface area contributed by atoms with Gasteiger partial charge in [-0.1, -0.05) is 0 Å². The molecule has 0 unspecified atom stereocenters. The van der Waals surface area contributed by atoms with Gasteiger partial charge in [0, 0.05) is 46.4 Å².